The van der Waals surface area contributed by atoms with Crippen molar-refractivity contribution >= 4 is 11.8 Å². The lowest BCUT2D eigenvalue weighted by Crippen LogP contribution is -2.43. The van der Waals surface area contributed by atoms with Crippen molar-refractivity contribution in [2.24, 2.45) is 0 Å². The van der Waals surface area contributed by atoms with E-state index in [-0.39, 0.29) is 19.0 Å². The molecule has 0 saturated heterocycles. The molecule has 0 aliphatic rings. The number of furan rings is 1. The minimum atomic E-state index is -1.30. The first-order chi connectivity index (χ1) is 10.5. The zero-order valence-corrected chi connectivity index (χ0v) is 12.2. The summed E-state index contributed by atoms with van der Waals surface area (Å²) in [6.07, 6.45) is 1.45. The molecule has 0 saturated carbocycles. The number of rotatable bonds is 6. The highest BCUT2D eigenvalue weighted by molar-refractivity contribution is 5.96. The summed E-state index contributed by atoms with van der Waals surface area (Å²) < 4.78 is 5.12. The van der Waals surface area contributed by atoms with E-state index in [9.17, 15) is 14.7 Å². The fraction of sp³-hybridized carbons (Fsp3) is 0.250. The van der Waals surface area contributed by atoms with E-state index >= 15 is 0 Å². The van der Waals surface area contributed by atoms with Crippen molar-refractivity contribution in [1.29, 1.82) is 0 Å². The van der Waals surface area contributed by atoms with Crippen LogP contribution < -0.4 is 10.6 Å². The van der Waals surface area contributed by atoms with Crippen LogP contribution in [0.4, 0.5) is 0 Å². The van der Waals surface area contributed by atoms with Gasteiger partial charge in [0.25, 0.3) is 5.91 Å². The monoisotopic (exact) mass is 302 g/mol. The number of hydrogen-bond acceptors (Lipinski definition) is 4. The van der Waals surface area contributed by atoms with Crippen molar-refractivity contribution < 1.29 is 19.1 Å². The third kappa shape index (κ3) is 4.20. The number of aliphatic hydroxyl groups is 1. The van der Waals surface area contributed by atoms with Crippen LogP contribution in [-0.2, 0) is 10.4 Å². The molecule has 2 amide bonds. The Kier molecular flexibility index (Phi) is 4.95. The molecule has 1 aromatic carbocycles. The molecule has 6 heteroatoms. The molecule has 0 aliphatic heterocycles. The molecule has 0 spiro atoms. The van der Waals surface area contributed by atoms with Gasteiger partial charge in [-0.05, 0) is 31.2 Å². The Morgan fingerprint density at radius 3 is 2.50 bits per heavy atom. The van der Waals surface area contributed by atoms with Gasteiger partial charge in [0, 0.05) is 5.56 Å². The Hall–Kier alpha value is -2.60. The molecule has 1 aromatic heterocycles. The molecule has 6 nitrogen and oxygen atoms in total. The van der Waals surface area contributed by atoms with E-state index in [1.165, 1.54) is 13.2 Å². The first kappa shape index (κ1) is 15.8. The summed E-state index contributed by atoms with van der Waals surface area (Å²) in [5.41, 5.74) is -0.819. The van der Waals surface area contributed by atoms with Gasteiger partial charge in [0.2, 0.25) is 5.91 Å². The predicted molar refractivity (Wildman–Crippen MR) is 80.1 cm³/mol. The largest absolute Gasteiger partial charge is 0.466 e. The Balaban J connectivity index is 1.78. The van der Waals surface area contributed by atoms with Crippen molar-refractivity contribution in [1.82, 2.24) is 10.6 Å². The molecule has 2 aromatic rings. The van der Waals surface area contributed by atoms with E-state index in [2.05, 4.69) is 10.6 Å². The average molecular weight is 302 g/mol. The van der Waals surface area contributed by atoms with Gasteiger partial charge in [0.05, 0.1) is 19.4 Å². The van der Waals surface area contributed by atoms with E-state index in [0.717, 1.165) is 0 Å². The van der Waals surface area contributed by atoms with E-state index in [4.69, 9.17) is 4.42 Å². The first-order valence-electron chi connectivity index (χ1n) is 6.85. The van der Waals surface area contributed by atoms with Crippen molar-refractivity contribution in [3.8, 4) is 0 Å². The zero-order chi connectivity index (χ0) is 16.0. The maximum atomic E-state index is 11.8. The Morgan fingerprint density at radius 1 is 1.14 bits per heavy atom. The van der Waals surface area contributed by atoms with Crippen LogP contribution in [0.25, 0.3) is 0 Å². The van der Waals surface area contributed by atoms with E-state index < -0.39 is 11.5 Å². The summed E-state index contributed by atoms with van der Waals surface area (Å²) in [6.45, 7) is 1.36. The van der Waals surface area contributed by atoms with Crippen LogP contribution in [0.15, 0.2) is 53.1 Å². The van der Waals surface area contributed by atoms with Gasteiger partial charge in [-0.1, -0.05) is 18.2 Å². The number of nitrogens with one attached hydrogen (secondary N) is 2. The van der Waals surface area contributed by atoms with Crippen molar-refractivity contribution in [3.05, 3.63) is 60.1 Å². The van der Waals surface area contributed by atoms with Crippen LogP contribution in [0.1, 0.15) is 23.0 Å². The molecule has 0 radical (unpaired) electrons. The Bertz CT molecular complexity index is 621. The maximum Gasteiger partial charge on any atom is 0.251 e. The standard InChI is InChI=1S/C16H18N2O4/c1-16(21,13-8-5-9-22-13)11-18-14(19)10-17-15(20)12-6-3-2-4-7-12/h2-9,21H,10-11H2,1H3,(H,17,20)(H,18,19). The fourth-order valence-corrected chi connectivity index (χ4v) is 1.86. The highest BCUT2D eigenvalue weighted by Gasteiger charge is 2.26. The number of amides is 2. The minimum absolute atomic E-state index is 0.0133. The lowest BCUT2D eigenvalue weighted by Gasteiger charge is -2.21. The lowest BCUT2D eigenvalue weighted by atomic mass is 10.0. The Labute approximate surface area is 128 Å². The van der Waals surface area contributed by atoms with Crippen LogP contribution >= 0.6 is 0 Å². The maximum absolute atomic E-state index is 11.8. The van der Waals surface area contributed by atoms with Gasteiger partial charge in [0.1, 0.15) is 11.4 Å². The van der Waals surface area contributed by atoms with Gasteiger partial charge < -0.3 is 20.2 Å². The lowest BCUT2D eigenvalue weighted by molar-refractivity contribution is -0.121. The van der Waals surface area contributed by atoms with Crippen LogP contribution in [-0.4, -0.2) is 30.0 Å². The zero-order valence-electron chi connectivity index (χ0n) is 12.2. The number of carbonyl (C=O) groups excluding carboxylic acids is 2. The predicted octanol–water partition coefficient (Wildman–Crippen LogP) is 1.03. The van der Waals surface area contributed by atoms with Gasteiger partial charge in [-0.15, -0.1) is 0 Å². The van der Waals surface area contributed by atoms with Crippen molar-refractivity contribution in [3.63, 3.8) is 0 Å². The first-order valence-corrected chi connectivity index (χ1v) is 6.85. The highest BCUT2D eigenvalue weighted by atomic mass is 16.4. The second-order valence-corrected chi connectivity index (χ2v) is 5.08. The highest BCUT2D eigenvalue weighted by Crippen LogP contribution is 2.19. The summed E-state index contributed by atoms with van der Waals surface area (Å²) >= 11 is 0. The number of benzene rings is 1. The van der Waals surface area contributed by atoms with E-state index in [0.29, 0.717) is 11.3 Å². The molecule has 0 aliphatic carbocycles. The third-order valence-corrected chi connectivity index (χ3v) is 3.13. The van der Waals surface area contributed by atoms with Crippen molar-refractivity contribution in [2.75, 3.05) is 13.1 Å². The molecule has 0 bridgehead atoms. The van der Waals surface area contributed by atoms with Crippen molar-refractivity contribution in [2.45, 2.75) is 12.5 Å². The SMILES string of the molecule is CC(O)(CNC(=O)CNC(=O)c1ccccc1)c1ccco1. The van der Waals surface area contributed by atoms with E-state index in [1.54, 1.807) is 42.5 Å². The van der Waals surface area contributed by atoms with Gasteiger partial charge in [0.15, 0.2) is 0 Å². The molecule has 1 atom stereocenters. The normalized spacial score (nSPS) is 13.2. The molecule has 1 heterocycles. The van der Waals surface area contributed by atoms with Crippen LogP contribution in [0.5, 0.6) is 0 Å². The molecular formula is C16H18N2O4. The smallest absolute Gasteiger partial charge is 0.251 e. The second-order valence-electron chi connectivity index (χ2n) is 5.08. The van der Waals surface area contributed by atoms with E-state index in [1.807, 2.05) is 0 Å². The molecule has 0 fully saturated rings. The summed E-state index contributed by atoms with van der Waals surface area (Å²) in [6, 6.07) is 11.9. The summed E-state index contributed by atoms with van der Waals surface area (Å²) in [5.74, 6) is -0.356. The average Bonchev–Trinajstić information content (AvgIpc) is 3.07. The van der Waals surface area contributed by atoms with Gasteiger partial charge in [-0.2, -0.15) is 0 Å². The van der Waals surface area contributed by atoms with Crippen LogP contribution in [0, 0.1) is 0 Å². The quantitative estimate of drug-likeness (QED) is 0.743. The van der Waals surface area contributed by atoms with Gasteiger partial charge in [-0.25, -0.2) is 0 Å². The molecule has 1 unspecified atom stereocenters. The summed E-state index contributed by atoms with van der Waals surface area (Å²) in [5, 5.41) is 15.3. The van der Waals surface area contributed by atoms with Crippen LogP contribution in [0.2, 0.25) is 0 Å². The summed E-state index contributed by atoms with van der Waals surface area (Å²) in [7, 11) is 0. The minimum Gasteiger partial charge on any atom is -0.466 e. The molecule has 3 N–H and O–H groups in total. The fourth-order valence-electron chi connectivity index (χ4n) is 1.86. The Morgan fingerprint density at radius 2 is 1.86 bits per heavy atom. The topological polar surface area (TPSA) is 91.6 Å². The van der Waals surface area contributed by atoms with Gasteiger partial charge in [-0.3, -0.25) is 9.59 Å². The molecule has 2 rings (SSSR count). The summed E-state index contributed by atoms with van der Waals surface area (Å²) in [4.78, 5) is 23.5. The molecule has 22 heavy (non-hydrogen) atoms. The molecule has 116 valence electrons. The molecular weight excluding hydrogens is 284 g/mol. The third-order valence-electron chi connectivity index (χ3n) is 3.13. The van der Waals surface area contributed by atoms with Gasteiger partial charge >= 0.3 is 0 Å². The number of carbonyl (C=O) groups is 2. The van der Waals surface area contributed by atoms with Crippen LogP contribution in [0.3, 0.4) is 0 Å². The number of hydrogen-bond donors (Lipinski definition) is 3. The second kappa shape index (κ2) is 6.91.